The van der Waals surface area contributed by atoms with Crippen LogP contribution in [0, 0.1) is 0 Å². The molecule has 1 fully saturated rings. The predicted molar refractivity (Wildman–Crippen MR) is 75.6 cm³/mol. The van der Waals surface area contributed by atoms with Gasteiger partial charge in [0.25, 0.3) is 0 Å². The molecule has 2 atom stereocenters. The van der Waals surface area contributed by atoms with Crippen LogP contribution in [0.1, 0.15) is 40.0 Å². The number of nitrogens with zero attached hydrogens (tertiary/aromatic N) is 1. The van der Waals surface area contributed by atoms with Crippen molar-refractivity contribution in [2.45, 2.75) is 51.6 Å². The molecule has 1 N–H and O–H groups in total. The third-order valence-corrected chi connectivity index (χ3v) is 4.38. The van der Waals surface area contributed by atoms with Crippen LogP contribution in [0.3, 0.4) is 0 Å². The number of carbonyl (C=O) groups excluding carboxylic acids is 2. The van der Waals surface area contributed by atoms with Crippen LogP contribution in [0.15, 0.2) is 0 Å². The van der Waals surface area contributed by atoms with E-state index in [-0.39, 0.29) is 17.9 Å². The van der Waals surface area contributed by atoms with E-state index >= 15 is 0 Å². The molecule has 2 unspecified atom stereocenters. The second kappa shape index (κ2) is 6.45. The lowest BCUT2D eigenvalue weighted by Gasteiger charge is -2.43. The maximum atomic E-state index is 12.4. The van der Waals surface area contributed by atoms with Gasteiger partial charge in [0, 0.05) is 6.54 Å². The van der Waals surface area contributed by atoms with E-state index < -0.39 is 5.54 Å². The van der Waals surface area contributed by atoms with E-state index in [1.54, 1.807) is 11.8 Å². The molecule has 1 saturated heterocycles. The topological polar surface area (TPSA) is 49.4 Å². The molecular formula is C13H24N2O2S. The van der Waals surface area contributed by atoms with Crippen LogP contribution in [0.4, 0.5) is 0 Å². The van der Waals surface area contributed by atoms with Crippen molar-refractivity contribution >= 4 is 23.6 Å². The third-order valence-electron chi connectivity index (χ3n) is 3.68. The molecule has 1 aliphatic rings. The van der Waals surface area contributed by atoms with Crippen molar-refractivity contribution in [1.29, 1.82) is 0 Å². The molecular weight excluding hydrogens is 248 g/mol. The molecule has 0 radical (unpaired) electrons. The molecule has 0 spiro atoms. The minimum Gasteiger partial charge on any atom is -0.340 e. The Balaban J connectivity index is 2.67. The summed E-state index contributed by atoms with van der Waals surface area (Å²) in [5.74, 6) is 1.12. The minimum absolute atomic E-state index is 0.0381. The van der Waals surface area contributed by atoms with Crippen molar-refractivity contribution in [1.82, 2.24) is 10.2 Å². The lowest BCUT2D eigenvalue weighted by atomic mass is 9.92. The zero-order valence-corrected chi connectivity index (χ0v) is 12.6. The lowest BCUT2D eigenvalue weighted by molar-refractivity contribution is -0.153. The summed E-state index contributed by atoms with van der Waals surface area (Å²) in [4.78, 5) is 26.0. The van der Waals surface area contributed by atoms with Gasteiger partial charge in [0.2, 0.25) is 11.8 Å². The third kappa shape index (κ3) is 3.19. The monoisotopic (exact) mass is 272 g/mol. The molecule has 0 saturated carbocycles. The molecule has 4 nitrogen and oxygen atoms in total. The molecule has 2 amide bonds. The normalized spacial score (nSPS) is 28.4. The summed E-state index contributed by atoms with van der Waals surface area (Å²) in [6.45, 7) is 6.23. The van der Waals surface area contributed by atoms with Crippen molar-refractivity contribution < 1.29 is 9.59 Å². The summed E-state index contributed by atoms with van der Waals surface area (Å²) < 4.78 is 0. The number of amides is 2. The Labute approximate surface area is 114 Å². The van der Waals surface area contributed by atoms with Crippen molar-refractivity contribution in [2.75, 3.05) is 18.6 Å². The van der Waals surface area contributed by atoms with Crippen molar-refractivity contribution in [2.24, 2.45) is 0 Å². The number of hydrogen-bond donors (Lipinski definition) is 1. The Morgan fingerprint density at radius 3 is 2.61 bits per heavy atom. The number of piperazine rings is 1. The first-order valence-electron chi connectivity index (χ1n) is 6.58. The molecule has 0 aromatic heterocycles. The Bertz CT molecular complexity index is 322. The standard InChI is InChI=1S/C13H24N2O2S/c1-5-13(3)12(17)15(8-6-7-9-18-4)10(2)11(16)14-13/h10H,5-9H2,1-4H3,(H,14,16). The van der Waals surface area contributed by atoms with E-state index in [2.05, 4.69) is 11.6 Å². The molecule has 18 heavy (non-hydrogen) atoms. The van der Waals surface area contributed by atoms with Gasteiger partial charge < -0.3 is 10.2 Å². The summed E-state index contributed by atoms with van der Waals surface area (Å²) >= 11 is 1.81. The number of thioether (sulfide) groups is 1. The van der Waals surface area contributed by atoms with Gasteiger partial charge in [-0.1, -0.05) is 6.92 Å². The van der Waals surface area contributed by atoms with Gasteiger partial charge in [-0.15, -0.1) is 0 Å². The van der Waals surface area contributed by atoms with Crippen molar-refractivity contribution in [3.8, 4) is 0 Å². The summed E-state index contributed by atoms with van der Waals surface area (Å²) in [5.41, 5.74) is -0.719. The highest BCUT2D eigenvalue weighted by atomic mass is 32.2. The van der Waals surface area contributed by atoms with Gasteiger partial charge in [-0.25, -0.2) is 0 Å². The SMILES string of the molecule is CCC1(C)NC(=O)C(C)N(CCCCSC)C1=O. The second-order valence-electron chi connectivity index (χ2n) is 5.05. The van der Waals surface area contributed by atoms with Gasteiger partial charge in [0.15, 0.2) is 0 Å². The van der Waals surface area contributed by atoms with E-state index in [1.165, 1.54) is 0 Å². The largest absolute Gasteiger partial charge is 0.340 e. The van der Waals surface area contributed by atoms with Gasteiger partial charge in [0.1, 0.15) is 11.6 Å². The average molecular weight is 272 g/mol. The number of hydrogen-bond acceptors (Lipinski definition) is 3. The average Bonchev–Trinajstić information content (AvgIpc) is 2.36. The van der Waals surface area contributed by atoms with Gasteiger partial charge in [-0.05, 0) is 45.1 Å². The van der Waals surface area contributed by atoms with Crippen LogP contribution in [-0.4, -0.2) is 46.8 Å². The first kappa shape index (κ1) is 15.3. The molecule has 0 aromatic rings. The van der Waals surface area contributed by atoms with Crippen LogP contribution >= 0.6 is 11.8 Å². The Hall–Kier alpha value is -0.710. The Morgan fingerprint density at radius 2 is 2.06 bits per heavy atom. The molecule has 104 valence electrons. The number of carbonyl (C=O) groups is 2. The van der Waals surface area contributed by atoms with E-state index in [1.807, 2.05) is 25.6 Å². The van der Waals surface area contributed by atoms with Crippen LogP contribution in [0.5, 0.6) is 0 Å². The summed E-state index contributed by atoms with van der Waals surface area (Å²) in [7, 11) is 0. The van der Waals surface area contributed by atoms with Crippen LogP contribution < -0.4 is 5.32 Å². The molecule has 0 aliphatic carbocycles. The Kier molecular flexibility index (Phi) is 5.50. The van der Waals surface area contributed by atoms with E-state index in [9.17, 15) is 9.59 Å². The lowest BCUT2D eigenvalue weighted by Crippen LogP contribution is -2.68. The zero-order chi connectivity index (χ0) is 13.8. The Morgan fingerprint density at radius 1 is 1.39 bits per heavy atom. The first-order chi connectivity index (χ1) is 8.46. The predicted octanol–water partition coefficient (Wildman–Crippen LogP) is 1.65. The smallest absolute Gasteiger partial charge is 0.248 e. The quantitative estimate of drug-likeness (QED) is 0.748. The molecule has 1 aliphatic heterocycles. The fraction of sp³-hybridized carbons (Fsp3) is 0.846. The summed E-state index contributed by atoms with van der Waals surface area (Å²) in [6, 6.07) is -0.341. The maximum Gasteiger partial charge on any atom is 0.248 e. The fourth-order valence-electron chi connectivity index (χ4n) is 2.13. The maximum absolute atomic E-state index is 12.4. The van der Waals surface area contributed by atoms with Gasteiger partial charge >= 0.3 is 0 Å². The van der Waals surface area contributed by atoms with Crippen LogP contribution in [-0.2, 0) is 9.59 Å². The highest BCUT2D eigenvalue weighted by Crippen LogP contribution is 2.21. The van der Waals surface area contributed by atoms with Crippen LogP contribution in [0.25, 0.3) is 0 Å². The van der Waals surface area contributed by atoms with Gasteiger partial charge in [-0.3, -0.25) is 9.59 Å². The first-order valence-corrected chi connectivity index (χ1v) is 7.97. The van der Waals surface area contributed by atoms with E-state index in [4.69, 9.17) is 0 Å². The highest BCUT2D eigenvalue weighted by molar-refractivity contribution is 7.98. The fourth-order valence-corrected chi connectivity index (χ4v) is 2.62. The number of unbranched alkanes of at least 4 members (excludes halogenated alkanes) is 1. The van der Waals surface area contributed by atoms with E-state index in [0.717, 1.165) is 18.6 Å². The van der Waals surface area contributed by atoms with Gasteiger partial charge in [0.05, 0.1) is 0 Å². The molecule has 1 heterocycles. The number of nitrogens with one attached hydrogen (secondary N) is 1. The molecule has 5 heteroatoms. The molecule has 1 rings (SSSR count). The highest BCUT2D eigenvalue weighted by Gasteiger charge is 2.44. The second-order valence-corrected chi connectivity index (χ2v) is 6.03. The molecule has 0 bridgehead atoms. The van der Waals surface area contributed by atoms with Gasteiger partial charge in [-0.2, -0.15) is 11.8 Å². The van der Waals surface area contributed by atoms with Crippen molar-refractivity contribution in [3.05, 3.63) is 0 Å². The summed E-state index contributed by atoms with van der Waals surface area (Å²) in [6.07, 6.45) is 4.76. The minimum atomic E-state index is -0.719. The van der Waals surface area contributed by atoms with Crippen molar-refractivity contribution in [3.63, 3.8) is 0 Å². The number of rotatable bonds is 6. The molecule has 0 aromatic carbocycles. The summed E-state index contributed by atoms with van der Waals surface area (Å²) in [5, 5.41) is 2.84. The van der Waals surface area contributed by atoms with E-state index in [0.29, 0.717) is 13.0 Å². The zero-order valence-electron chi connectivity index (χ0n) is 11.8. The van der Waals surface area contributed by atoms with Crippen LogP contribution in [0.2, 0.25) is 0 Å².